The van der Waals surface area contributed by atoms with Crippen molar-refractivity contribution in [3.63, 3.8) is 0 Å². The molecule has 2 rings (SSSR count). The van der Waals surface area contributed by atoms with E-state index in [1.54, 1.807) is 19.9 Å². The first-order chi connectivity index (χ1) is 9.94. The van der Waals surface area contributed by atoms with Gasteiger partial charge in [-0.3, -0.25) is 4.79 Å². The van der Waals surface area contributed by atoms with Gasteiger partial charge < -0.3 is 16.3 Å². The van der Waals surface area contributed by atoms with Crippen LogP contribution in [-0.2, 0) is 0 Å². The molecule has 110 valence electrons. The minimum Gasteiger partial charge on any atom is -0.409 e. The first kappa shape index (κ1) is 14.8. The molecule has 21 heavy (non-hydrogen) atoms. The Morgan fingerprint density at radius 3 is 2.57 bits per heavy atom. The van der Waals surface area contributed by atoms with E-state index in [0.29, 0.717) is 5.56 Å². The van der Waals surface area contributed by atoms with E-state index in [1.165, 1.54) is 0 Å². The van der Waals surface area contributed by atoms with Gasteiger partial charge in [-0.25, -0.2) is 0 Å². The average Bonchev–Trinajstić information content (AvgIpc) is 2.51. The Kier molecular flexibility index (Phi) is 4.12. The summed E-state index contributed by atoms with van der Waals surface area (Å²) in [6.07, 6.45) is 0. The Balaban J connectivity index is 2.12. The molecule has 0 heterocycles. The zero-order chi connectivity index (χ0) is 15.5. The van der Waals surface area contributed by atoms with Crippen LogP contribution < -0.4 is 11.1 Å². The SMILES string of the molecule is CC(C)(CNC(=O)c1ccc2ccccc2c1)/C(N)=N/O. The second kappa shape index (κ2) is 5.83. The molecule has 5 heteroatoms. The summed E-state index contributed by atoms with van der Waals surface area (Å²) < 4.78 is 0. The number of amidine groups is 1. The fourth-order valence-corrected chi connectivity index (χ4v) is 1.96. The maximum absolute atomic E-state index is 12.2. The predicted octanol–water partition coefficient (Wildman–Crippen LogP) is 2.34. The number of hydrogen-bond donors (Lipinski definition) is 3. The van der Waals surface area contributed by atoms with Gasteiger partial charge >= 0.3 is 0 Å². The maximum atomic E-state index is 12.2. The van der Waals surface area contributed by atoms with Crippen molar-refractivity contribution in [2.45, 2.75) is 13.8 Å². The summed E-state index contributed by atoms with van der Waals surface area (Å²) in [4.78, 5) is 12.2. The van der Waals surface area contributed by atoms with Gasteiger partial charge in [0.25, 0.3) is 5.91 Å². The van der Waals surface area contributed by atoms with Gasteiger partial charge in [-0.1, -0.05) is 49.3 Å². The number of oxime groups is 1. The number of amides is 1. The third-order valence-corrected chi connectivity index (χ3v) is 3.50. The van der Waals surface area contributed by atoms with Gasteiger partial charge in [0, 0.05) is 17.5 Å². The van der Waals surface area contributed by atoms with E-state index in [9.17, 15) is 4.79 Å². The van der Waals surface area contributed by atoms with Crippen LogP contribution in [0.5, 0.6) is 0 Å². The second-order valence-electron chi connectivity index (χ2n) is 5.61. The van der Waals surface area contributed by atoms with Crippen molar-refractivity contribution in [2.75, 3.05) is 6.54 Å². The highest BCUT2D eigenvalue weighted by atomic mass is 16.4. The summed E-state index contributed by atoms with van der Waals surface area (Å²) in [6.45, 7) is 3.88. The molecule has 4 N–H and O–H groups in total. The Morgan fingerprint density at radius 1 is 1.24 bits per heavy atom. The van der Waals surface area contributed by atoms with Gasteiger partial charge in [-0.2, -0.15) is 0 Å². The molecule has 0 atom stereocenters. The second-order valence-corrected chi connectivity index (χ2v) is 5.61. The van der Waals surface area contributed by atoms with Crippen LogP contribution in [0.1, 0.15) is 24.2 Å². The maximum Gasteiger partial charge on any atom is 0.251 e. The van der Waals surface area contributed by atoms with Gasteiger partial charge in [-0.15, -0.1) is 0 Å². The number of nitrogens with one attached hydrogen (secondary N) is 1. The van der Waals surface area contributed by atoms with E-state index in [1.807, 2.05) is 36.4 Å². The molecule has 0 aliphatic carbocycles. The van der Waals surface area contributed by atoms with Crippen LogP contribution in [0.3, 0.4) is 0 Å². The molecule has 0 radical (unpaired) electrons. The lowest BCUT2D eigenvalue weighted by Crippen LogP contribution is -2.42. The summed E-state index contributed by atoms with van der Waals surface area (Å²) in [5, 5.41) is 16.6. The predicted molar refractivity (Wildman–Crippen MR) is 83.5 cm³/mol. The number of rotatable bonds is 4. The standard InChI is InChI=1S/C16H19N3O2/c1-16(2,15(17)19-21)10-18-14(20)13-8-7-11-5-3-4-6-12(11)9-13/h3-9,21H,10H2,1-2H3,(H2,17,19)(H,18,20). The Bertz CT molecular complexity index is 693. The van der Waals surface area contributed by atoms with Crippen molar-refractivity contribution < 1.29 is 10.0 Å². The summed E-state index contributed by atoms with van der Waals surface area (Å²) in [7, 11) is 0. The van der Waals surface area contributed by atoms with Crippen LogP contribution in [0.25, 0.3) is 10.8 Å². The number of carbonyl (C=O) groups excluding carboxylic acids is 1. The summed E-state index contributed by atoms with van der Waals surface area (Å²) >= 11 is 0. The molecule has 0 saturated carbocycles. The summed E-state index contributed by atoms with van der Waals surface area (Å²) in [5.74, 6) is -0.0964. The van der Waals surface area contributed by atoms with Gasteiger partial charge in [0.05, 0.1) is 0 Å². The molecule has 0 spiro atoms. The molecule has 0 saturated heterocycles. The van der Waals surface area contributed by atoms with Crippen LogP contribution in [0.2, 0.25) is 0 Å². The first-order valence-corrected chi connectivity index (χ1v) is 6.69. The Hall–Kier alpha value is -2.56. The van der Waals surface area contributed by atoms with Gasteiger partial charge in [0.2, 0.25) is 0 Å². The lowest BCUT2D eigenvalue weighted by molar-refractivity contribution is 0.0944. The summed E-state index contributed by atoms with van der Waals surface area (Å²) in [5.41, 5.74) is 5.58. The highest BCUT2D eigenvalue weighted by molar-refractivity contribution is 5.99. The quantitative estimate of drug-likeness (QED) is 0.349. The molecule has 1 amide bonds. The number of fused-ring (bicyclic) bond motifs is 1. The van der Waals surface area contributed by atoms with Crippen LogP contribution in [0.15, 0.2) is 47.6 Å². The van der Waals surface area contributed by atoms with Crippen molar-refractivity contribution in [3.05, 3.63) is 48.0 Å². The monoisotopic (exact) mass is 285 g/mol. The van der Waals surface area contributed by atoms with E-state index >= 15 is 0 Å². The van der Waals surface area contributed by atoms with Crippen LogP contribution in [0.4, 0.5) is 0 Å². The van der Waals surface area contributed by atoms with E-state index < -0.39 is 5.41 Å². The van der Waals surface area contributed by atoms with E-state index in [4.69, 9.17) is 10.9 Å². The number of nitrogens with two attached hydrogens (primary N) is 1. The molecule has 0 unspecified atom stereocenters. The molecule has 0 aliphatic heterocycles. The molecular weight excluding hydrogens is 266 g/mol. The van der Waals surface area contributed by atoms with Crippen molar-refractivity contribution in [3.8, 4) is 0 Å². The fourth-order valence-electron chi connectivity index (χ4n) is 1.96. The Labute approximate surface area is 123 Å². The molecule has 0 aliphatic rings. The zero-order valence-corrected chi connectivity index (χ0v) is 12.1. The Morgan fingerprint density at radius 2 is 1.90 bits per heavy atom. The minimum atomic E-state index is -0.610. The molecule has 2 aromatic rings. The van der Waals surface area contributed by atoms with E-state index in [2.05, 4.69) is 10.5 Å². The minimum absolute atomic E-state index is 0.0845. The molecular formula is C16H19N3O2. The molecule has 2 aromatic carbocycles. The lowest BCUT2D eigenvalue weighted by atomic mass is 9.92. The normalized spacial score (nSPS) is 12.4. The van der Waals surface area contributed by atoms with Crippen LogP contribution in [-0.4, -0.2) is 23.5 Å². The van der Waals surface area contributed by atoms with Crippen LogP contribution >= 0.6 is 0 Å². The number of carbonyl (C=O) groups is 1. The zero-order valence-electron chi connectivity index (χ0n) is 12.1. The van der Waals surface area contributed by atoms with Gasteiger partial charge in [0.15, 0.2) is 0 Å². The third-order valence-electron chi connectivity index (χ3n) is 3.50. The molecule has 0 fully saturated rings. The largest absolute Gasteiger partial charge is 0.409 e. The lowest BCUT2D eigenvalue weighted by Gasteiger charge is -2.23. The van der Waals surface area contributed by atoms with E-state index in [-0.39, 0.29) is 18.3 Å². The van der Waals surface area contributed by atoms with Gasteiger partial charge in [-0.05, 0) is 22.9 Å². The molecule has 0 aromatic heterocycles. The average molecular weight is 285 g/mol. The fraction of sp³-hybridized carbons (Fsp3) is 0.250. The van der Waals surface area contributed by atoms with E-state index in [0.717, 1.165) is 10.8 Å². The van der Waals surface area contributed by atoms with Crippen molar-refractivity contribution in [2.24, 2.45) is 16.3 Å². The van der Waals surface area contributed by atoms with Crippen molar-refractivity contribution in [1.82, 2.24) is 5.32 Å². The number of nitrogens with zero attached hydrogens (tertiary/aromatic N) is 1. The number of hydrogen-bond acceptors (Lipinski definition) is 3. The smallest absolute Gasteiger partial charge is 0.251 e. The van der Waals surface area contributed by atoms with Crippen molar-refractivity contribution >= 4 is 22.5 Å². The highest BCUT2D eigenvalue weighted by Gasteiger charge is 2.24. The van der Waals surface area contributed by atoms with Crippen molar-refractivity contribution in [1.29, 1.82) is 0 Å². The topological polar surface area (TPSA) is 87.7 Å². The molecule has 5 nitrogen and oxygen atoms in total. The third kappa shape index (κ3) is 3.31. The van der Waals surface area contributed by atoms with Gasteiger partial charge in [0.1, 0.15) is 5.84 Å². The first-order valence-electron chi connectivity index (χ1n) is 6.69. The van der Waals surface area contributed by atoms with Crippen LogP contribution in [0, 0.1) is 5.41 Å². The number of benzene rings is 2. The summed E-state index contributed by atoms with van der Waals surface area (Å²) in [6, 6.07) is 13.4. The highest BCUT2D eigenvalue weighted by Crippen LogP contribution is 2.17. The molecule has 0 bridgehead atoms.